The molecule has 2 fully saturated rings. The first-order valence-corrected chi connectivity index (χ1v) is 8.86. The van der Waals surface area contributed by atoms with Gasteiger partial charge in [-0.25, -0.2) is 0 Å². The molecule has 0 aromatic heterocycles. The van der Waals surface area contributed by atoms with Gasteiger partial charge in [-0.3, -0.25) is 0 Å². The van der Waals surface area contributed by atoms with Crippen LogP contribution in [0.2, 0.25) is 0 Å². The van der Waals surface area contributed by atoms with Gasteiger partial charge in [-0.1, -0.05) is 15.9 Å². The normalized spacial score (nSPS) is 23.3. The van der Waals surface area contributed by atoms with Crippen molar-refractivity contribution in [2.75, 3.05) is 32.1 Å². The van der Waals surface area contributed by atoms with Gasteiger partial charge in [0.25, 0.3) is 0 Å². The predicted octanol–water partition coefficient (Wildman–Crippen LogP) is 3.23. The number of piperidine rings is 1. The van der Waals surface area contributed by atoms with Crippen molar-refractivity contribution < 1.29 is 0 Å². The van der Waals surface area contributed by atoms with Crippen molar-refractivity contribution >= 4 is 21.6 Å². The monoisotopic (exact) mass is 351 g/mol. The lowest BCUT2D eigenvalue weighted by Gasteiger charge is -2.38. The number of rotatable bonds is 5. The average molecular weight is 352 g/mol. The first kappa shape index (κ1) is 15.3. The first-order chi connectivity index (χ1) is 10.1. The maximum absolute atomic E-state index is 3.65. The molecule has 0 spiro atoms. The van der Waals surface area contributed by atoms with E-state index in [4.69, 9.17) is 0 Å². The number of benzene rings is 1. The topological polar surface area (TPSA) is 18.5 Å². The molecule has 0 bridgehead atoms. The third-order valence-corrected chi connectivity index (χ3v) is 5.22. The van der Waals surface area contributed by atoms with E-state index >= 15 is 0 Å². The van der Waals surface area contributed by atoms with Gasteiger partial charge in [0.15, 0.2) is 0 Å². The number of likely N-dealkylation sites (N-methyl/N-ethyl adjacent to an activating group) is 2. The molecule has 1 saturated heterocycles. The SMILES string of the molecule is CN1CCCC(N(C)c2ccc(Br)cc2CNC2CC2)C1. The number of hydrogen-bond acceptors (Lipinski definition) is 3. The second kappa shape index (κ2) is 6.67. The maximum Gasteiger partial charge on any atom is 0.0414 e. The second-order valence-electron chi connectivity index (χ2n) is 6.60. The number of anilines is 1. The van der Waals surface area contributed by atoms with E-state index in [0.29, 0.717) is 6.04 Å². The van der Waals surface area contributed by atoms with Crippen molar-refractivity contribution in [3.63, 3.8) is 0 Å². The molecule has 3 rings (SSSR count). The van der Waals surface area contributed by atoms with Crippen LogP contribution in [0.15, 0.2) is 22.7 Å². The predicted molar refractivity (Wildman–Crippen MR) is 92.9 cm³/mol. The maximum atomic E-state index is 3.65. The van der Waals surface area contributed by atoms with Crippen LogP contribution >= 0.6 is 15.9 Å². The highest BCUT2D eigenvalue weighted by Crippen LogP contribution is 2.28. The minimum atomic E-state index is 0.629. The van der Waals surface area contributed by atoms with Gasteiger partial charge in [0.05, 0.1) is 0 Å². The summed E-state index contributed by atoms with van der Waals surface area (Å²) >= 11 is 3.62. The van der Waals surface area contributed by atoms with Crippen LogP contribution < -0.4 is 10.2 Å². The summed E-state index contributed by atoms with van der Waals surface area (Å²) in [4.78, 5) is 4.94. The van der Waals surface area contributed by atoms with Crippen molar-refractivity contribution in [1.82, 2.24) is 10.2 Å². The molecule has 116 valence electrons. The Hall–Kier alpha value is -0.580. The van der Waals surface area contributed by atoms with Crippen LogP contribution in [-0.2, 0) is 6.54 Å². The molecule has 3 nitrogen and oxygen atoms in total. The van der Waals surface area contributed by atoms with Crippen molar-refractivity contribution in [2.45, 2.75) is 44.3 Å². The standard InChI is InChI=1S/C17H26BrN3/c1-20-9-3-4-16(12-20)21(2)17-8-5-14(18)10-13(17)11-19-15-6-7-15/h5,8,10,15-16,19H,3-4,6-7,9,11-12H2,1-2H3. The summed E-state index contributed by atoms with van der Waals surface area (Å²) in [6.07, 6.45) is 5.28. The number of nitrogens with one attached hydrogen (secondary N) is 1. The van der Waals surface area contributed by atoms with Crippen LogP contribution in [0.1, 0.15) is 31.2 Å². The minimum absolute atomic E-state index is 0.629. The van der Waals surface area contributed by atoms with Crippen LogP contribution in [0, 0.1) is 0 Å². The molecule has 1 saturated carbocycles. The third kappa shape index (κ3) is 3.99. The third-order valence-electron chi connectivity index (χ3n) is 4.73. The zero-order chi connectivity index (χ0) is 14.8. The molecule has 0 radical (unpaired) electrons. The molecule has 4 heteroatoms. The van der Waals surface area contributed by atoms with E-state index in [1.54, 1.807) is 0 Å². The van der Waals surface area contributed by atoms with Crippen molar-refractivity contribution in [2.24, 2.45) is 0 Å². The Balaban J connectivity index is 1.75. The molecule has 0 amide bonds. The molecule has 1 atom stereocenters. The lowest BCUT2D eigenvalue weighted by molar-refractivity contribution is 0.248. The van der Waals surface area contributed by atoms with Crippen molar-refractivity contribution in [3.05, 3.63) is 28.2 Å². The minimum Gasteiger partial charge on any atom is -0.370 e. The van der Waals surface area contributed by atoms with E-state index in [1.165, 1.54) is 54.5 Å². The fourth-order valence-electron chi connectivity index (χ4n) is 3.23. The highest BCUT2D eigenvalue weighted by Gasteiger charge is 2.24. The first-order valence-electron chi connectivity index (χ1n) is 8.06. The quantitative estimate of drug-likeness (QED) is 0.878. The van der Waals surface area contributed by atoms with Crippen LogP contribution in [0.3, 0.4) is 0 Å². The summed E-state index contributed by atoms with van der Waals surface area (Å²) in [5, 5.41) is 3.65. The Kier molecular flexibility index (Phi) is 4.87. The fourth-order valence-corrected chi connectivity index (χ4v) is 3.64. The molecular weight excluding hydrogens is 326 g/mol. The van der Waals surface area contributed by atoms with Gasteiger partial charge in [-0.05, 0) is 63.0 Å². The van der Waals surface area contributed by atoms with Gasteiger partial charge in [0, 0.05) is 42.4 Å². The Labute approximate surface area is 136 Å². The van der Waals surface area contributed by atoms with E-state index < -0.39 is 0 Å². The van der Waals surface area contributed by atoms with Crippen LogP contribution in [0.25, 0.3) is 0 Å². The summed E-state index contributed by atoms with van der Waals surface area (Å²) in [5.41, 5.74) is 2.79. The Bertz CT molecular complexity index is 487. The molecular formula is C17H26BrN3. The number of halogens is 1. The molecule has 1 N–H and O–H groups in total. The Morgan fingerprint density at radius 2 is 2.14 bits per heavy atom. The molecule has 1 aliphatic heterocycles. The lowest BCUT2D eigenvalue weighted by Crippen LogP contribution is -2.45. The molecule has 21 heavy (non-hydrogen) atoms. The fraction of sp³-hybridized carbons (Fsp3) is 0.647. The van der Waals surface area contributed by atoms with Crippen molar-refractivity contribution in [1.29, 1.82) is 0 Å². The van der Waals surface area contributed by atoms with E-state index in [1.807, 2.05) is 0 Å². The molecule has 1 unspecified atom stereocenters. The van der Waals surface area contributed by atoms with Crippen LogP contribution in [0.5, 0.6) is 0 Å². The number of nitrogens with zero attached hydrogens (tertiary/aromatic N) is 2. The molecule has 1 aromatic rings. The van der Waals surface area contributed by atoms with Crippen LogP contribution in [0.4, 0.5) is 5.69 Å². The summed E-state index contributed by atoms with van der Waals surface area (Å²) in [7, 11) is 4.49. The zero-order valence-corrected chi connectivity index (χ0v) is 14.7. The van der Waals surface area contributed by atoms with E-state index in [9.17, 15) is 0 Å². The second-order valence-corrected chi connectivity index (χ2v) is 7.51. The molecule has 1 heterocycles. The molecule has 1 aliphatic carbocycles. The van der Waals surface area contributed by atoms with Gasteiger partial charge in [0.1, 0.15) is 0 Å². The van der Waals surface area contributed by atoms with E-state index in [0.717, 1.165) is 12.6 Å². The van der Waals surface area contributed by atoms with E-state index in [2.05, 4.69) is 63.3 Å². The number of hydrogen-bond donors (Lipinski definition) is 1. The summed E-state index contributed by atoms with van der Waals surface area (Å²) < 4.78 is 1.17. The zero-order valence-electron chi connectivity index (χ0n) is 13.1. The summed E-state index contributed by atoms with van der Waals surface area (Å²) in [5.74, 6) is 0. The largest absolute Gasteiger partial charge is 0.370 e. The highest BCUT2D eigenvalue weighted by atomic mass is 79.9. The van der Waals surface area contributed by atoms with E-state index in [-0.39, 0.29) is 0 Å². The van der Waals surface area contributed by atoms with Gasteiger partial charge in [0.2, 0.25) is 0 Å². The Morgan fingerprint density at radius 1 is 1.33 bits per heavy atom. The van der Waals surface area contributed by atoms with Gasteiger partial charge in [-0.15, -0.1) is 0 Å². The van der Waals surface area contributed by atoms with Gasteiger partial charge >= 0.3 is 0 Å². The summed E-state index contributed by atoms with van der Waals surface area (Å²) in [6, 6.07) is 8.09. The molecule has 2 aliphatic rings. The number of likely N-dealkylation sites (tertiary alicyclic amines) is 1. The molecule has 1 aromatic carbocycles. The average Bonchev–Trinajstić information content (AvgIpc) is 3.29. The Morgan fingerprint density at radius 3 is 2.86 bits per heavy atom. The highest BCUT2D eigenvalue weighted by molar-refractivity contribution is 9.10. The summed E-state index contributed by atoms with van der Waals surface area (Å²) in [6.45, 7) is 3.38. The van der Waals surface area contributed by atoms with Gasteiger partial charge in [-0.2, -0.15) is 0 Å². The lowest BCUT2D eigenvalue weighted by atomic mass is 10.0. The van der Waals surface area contributed by atoms with Crippen molar-refractivity contribution in [3.8, 4) is 0 Å². The van der Waals surface area contributed by atoms with Gasteiger partial charge < -0.3 is 15.1 Å². The smallest absolute Gasteiger partial charge is 0.0414 e. The van der Waals surface area contributed by atoms with Crippen LogP contribution in [-0.4, -0.2) is 44.2 Å².